The Balaban J connectivity index is 3.11. The topological polar surface area (TPSA) is 53.2 Å². The lowest BCUT2D eigenvalue weighted by molar-refractivity contribution is 0.307. The lowest BCUT2D eigenvalue weighted by Crippen LogP contribution is -2.04. The average Bonchev–Trinajstić information content (AvgIpc) is 2.29. The van der Waals surface area contributed by atoms with Crippen LogP contribution in [0.25, 0.3) is 0 Å². The molecule has 1 aromatic rings. The highest BCUT2D eigenvalue weighted by atomic mass is 16.5. The molecule has 1 aromatic carbocycles. The van der Waals surface area contributed by atoms with E-state index >= 15 is 0 Å². The smallest absolute Gasteiger partial charge is 0.123 e. The van der Waals surface area contributed by atoms with Crippen molar-refractivity contribution < 1.29 is 9.84 Å². The minimum absolute atomic E-state index is 0.0328. The molecule has 1 rings (SSSR count). The second-order valence-corrected chi connectivity index (χ2v) is 3.19. The normalized spacial score (nSPS) is 10.1. The third-order valence-electron chi connectivity index (χ3n) is 2.11. The maximum atomic E-state index is 9.07. The van der Waals surface area contributed by atoms with Crippen molar-refractivity contribution in [3.63, 3.8) is 0 Å². The zero-order chi connectivity index (χ0) is 11.3. The third-order valence-corrected chi connectivity index (χ3v) is 2.11. The van der Waals surface area contributed by atoms with Gasteiger partial charge in [0.1, 0.15) is 5.75 Å². The first-order valence-corrected chi connectivity index (χ1v) is 4.83. The van der Waals surface area contributed by atoms with Crippen LogP contribution in [0.1, 0.15) is 25.0 Å². The monoisotopic (exact) mass is 204 g/mol. The van der Waals surface area contributed by atoms with Gasteiger partial charge < -0.3 is 9.84 Å². The largest absolute Gasteiger partial charge is 0.494 e. The molecule has 0 amide bonds. The number of rotatable bonds is 4. The first-order valence-electron chi connectivity index (χ1n) is 4.83. The molecule has 0 unspecified atom stereocenters. The van der Waals surface area contributed by atoms with Crippen LogP contribution in [-0.2, 0) is 0 Å². The Labute approximate surface area is 89.9 Å². The van der Waals surface area contributed by atoms with Crippen LogP contribution < -0.4 is 4.74 Å². The Morgan fingerprint density at radius 2 is 2.27 bits per heavy atom. The molecule has 15 heavy (non-hydrogen) atoms. The summed E-state index contributed by atoms with van der Waals surface area (Å²) in [5, 5.41) is 17.8. The number of ether oxygens (including phenoxy) is 1. The predicted molar refractivity (Wildman–Crippen MR) is 57.4 cm³/mol. The Bertz CT molecular complexity index is 368. The zero-order valence-electron chi connectivity index (χ0n) is 8.95. The first kappa shape index (κ1) is 11.5. The SMILES string of the molecule is CCOc1ccc(C#N)cc1[C](C)CO. The van der Waals surface area contributed by atoms with Gasteiger partial charge in [-0.05, 0) is 25.1 Å². The van der Waals surface area contributed by atoms with Crippen LogP contribution in [-0.4, -0.2) is 18.3 Å². The van der Waals surface area contributed by atoms with Crippen LogP contribution in [0.5, 0.6) is 5.75 Å². The van der Waals surface area contributed by atoms with Gasteiger partial charge in [0.15, 0.2) is 0 Å². The summed E-state index contributed by atoms with van der Waals surface area (Å²) in [6.07, 6.45) is 0. The Morgan fingerprint density at radius 1 is 1.53 bits per heavy atom. The van der Waals surface area contributed by atoms with Crippen LogP contribution in [0.4, 0.5) is 0 Å². The van der Waals surface area contributed by atoms with Crippen molar-refractivity contribution in [3.05, 3.63) is 35.2 Å². The summed E-state index contributed by atoms with van der Waals surface area (Å²) in [6.45, 7) is 4.25. The van der Waals surface area contributed by atoms with Gasteiger partial charge >= 0.3 is 0 Å². The van der Waals surface area contributed by atoms with Crippen LogP contribution in [0, 0.1) is 17.2 Å². The molecule has 1 radical (unpaired) electrons. The summed E-state index contributed by atoms with van der Waals surface area (Å²) in [7, 11) is 0. The van der Waals surface area contributed by atoms with Crippen LogP contribution in [0.15, 0.2) is 18.2 Å². The second kappa shape index (κ2) is 5.38. The second-order valence-electron chi connectivity index (χ2n) is 3.19. The van der Waals surface area contributed by atoms with Crippen molar-refractivity contribution in [2.75, 3.05) is 13.2 Å². The molecule has 79 valence electrons. The minimum atomic E-state index is -0.0328. The van der Waals surface area contributed by atoms with Gasteiger partial charge in [0.2, 0.25) is 0 Å². The molecule has 0 aliphatic heterocycles. The molecule has 0 aliphatic rings. The van der Waals surface area contributed by atoms with Gasteiger partial charge in [0.25, 0.3) is 0 Å². The fourth-order valence-corrected chi connectivity index (χ4v) is 1.30. The van der Waals surface area contributed by atoms with E-state index < -0.39 is 0 Å². The summed E-state index contributed by atoms with van der Waals surface area (Å²) in [5.74, 6) is 1.51. The van der Waals surface area contributed by atoms with Crippen LogP contribution >= 0.6 is 0 Å². The van der Waals surface area contributed by atoms with E-state index in [1.165, 1.54) is 0 Å². The molecule has 3 heteroatoms. The highest BCUT2D eigenvalue weighted by Crippen LogP contribution is 2.26. The van der Waals surface area contributed by atoms with Gasteiger partial charge in [-0.25, -0.2) is 0 Å². The van der Waals surface area contributed by atoms with Gasteiger partial charge in [0.05, 0.1) is 24.8 Å². The van der Waals surface area contributed by atoms with Crippen molar-refractivity contribution in [3.8, 4) is 11.8 Å². The minimum Gasteiger partial charge on any atom is -0.494 e. The molecule has 0 fully saturated rings. The molecule has 0 heterocycles. The quantitative estimate of drug-likeness (QED) is 0.814. The number of benzene rings is 1. The van der Waals surface area contributed by atoms with Gasteiger partial charge in [-0.2, -0.15) is 5.26 Å². The molecule has 1 N–H and O–H groups in total. The molecular formula is C12H14NO2. The lowest BCUT2D eigenvalue weighted by atomic mass is 9.99. The van der Waals surface area contributed by atoms with Gasteiger partial charge in [-0.15, -0.1) is 0 Å². The van der Waals surface area contributed by atoms with E-state index in [1.807, 2.05) is 13.8 Å². The van der Waals surface area contributed by atoms with Crippen LogP contribution in [0.3, 0.4) is 0 Å². The molecule has 0 bridgehead atoms. The van der Waals surface area contributed by atoms with E-state index in [-0.39, 0.29) is 6.61 Å². The highest BCUT2D eigenvalue weighted by molar-refractivity contribution is 5.48. The summed E-state index contributed by atoms with van der Waals surface area (Å²) >= 11 is 0. The van der Waals surface area contributed by atoms with Crippen molar-refractivity contribution in [1.82, 2.24) is 0 Å². The predicted octanol–water partition coefficient (Wildman–Crippen LogP) is 1.89. The summed E-state index contributed by atoms with van der Waals surface area (Å²) in [4.78, 5) is 0. The van der Waals surface area contributed by atoms with E-state index in [4.69, 9.17) is 15.1 Å². The van der Waals surface area contributed by atoms with Gasteiger partial charge in [-0.1, -0.05) is 6.92 Å². The van der Waals surface area contributed by atoms with Crippen molar-refractivity contribution >= 4 is 0 Å². The molecule has 0 atom stereocenters. The number of aliphatic hydroxyl groups is 1. The van der Waals surface area contributed by atoms with Crippen molar-refractivity contribution in [1.29, 1.82) is 5.26 Å². The molecule has 0 saturated heterocycles. The number of aliphatic hydroxyl groups excluding tert-OH is 1. The van der Waals surface area contributed by atoms with E-state index in [2.05, 4.69) is 6.07 Å². The highest BCUT2D eigenvalue weighted by Gasteiger charge is 2.12. The molecule has 3 nitrogen and oxygen atoms in total. The fraction of sp³-hybridized carbons (Fsp3) is 0.333. The number of hydrogen-bond donors (Lipinski definition) is 1. The van der Waals surface area contributed by atoms with E-state index in [1.54, 1.807) is 18.2 Å². The number of hydrogen-bond acceptors (Lipinski definition) is 3. The van der Waals surface area contributed by atoms with Crippen LogP contribution in [0.2, 0.25) is 0 Å². The first-order chi connectivity index (χ1) is 7.22. The lowest BCUT2D eigenvalue weighted by Gasteiger charge is -2.14. The number of nitrogens with zero attached hydrogens (tertiary/aromatic N) is 1. The average molecular weight is 204 g/mol. The maximum absolute atomic E-state index is 9.07. The fourth-order valence-electron chi connectivity index (χ4n) is 1.30. The van der Waals surface area contributed by atoms with E-state index in [0.717, 1.165) is 11.5 Å². The summed E-state index contributed by atoms with van der Waals surface area (Å²) < 4.78 is 5.42. The molecule has 0 spiro atoms. The summed E-state index contributed by atoms with van der Waals surface area (Å²) in [6, 6.07) is 7.27. The summed E-state index contributed by atoms with van der Waals surface area (Å²) in [5.41, 5.74) is 1.37. The third kappa shape index (κ3) is 2.71. The molecular weight excluding hydrogens is 190 g/mol. The molecule has 0 aliphatic carbocycles. The molecule has 0 aromatic heterocycles. The Hall–Kier alpha value is -1.53. The number of nitriles is 1. The van der Waals surface area contributed by atoms with Crippen molar-refractivity contribution in [2.24, 2.45) is 0 Å². The van der Waals surface area contributed by atoms with Gasteiger partial charge in [-0.3, -0.25) is 0 Å². The van der Waals surface area contributed by atoms with E-state index in [0.29, 0.717) is 17.9 Å². The van der Waals surface area contributed by atoms with Gasteiger partial charge in [0, 0.05) is 11.5 Å². The van der Waals surface area contributed by atoms with E-state index in [9.17, 15) is 0 Å². The maximum Gasteiger partial charge on any atom is 0.123 e. The zero-order valence-corrected chi connectivity index (χ0v) is 8.95. The molecule has 0 saturated carbocycles. The Morgan fingerprint density at radius 3 is 2.80 bits per heavy atom. The Kier molecular flexibility index (Phi) is 4.14. The van der Waals surface area contributed by atoms with Crippen molar-refractivity contribution in [2.45, 2.75) is 13.8 Å². The standard InChI is InChI=1S/C12H14NO2/c1-3-15-12-5-4-10(7-13)6-11(12)9(2)8-14/h4-6,14H,3,8H2,1-2H3.